The van der Waals surface area contributed by atoms with E-state index in [1.807, 2.05) is 0 Å². The Morgan fingerprint density at radius 2 is 2.21 bits per heavy atom. The van der Waals surface area contributed by atoms with E-state index in [4.69, 9.17) is 4.74 Å². The minimum Gasteiger partial charge on any atom is -0.488 e. The van der Waals surface area contributed by atoms with Crippen molar-refractivity contribution in [1.82, 2.24) is 5.32 Å². The van der Waals surface area contributed by atoms with Gasteiger partial charge in [-0.25, -0.2) is 4.39 Å². The molecule has 2 atom stereocenters. The highest BCUT2D eigenvalue weighted by Crippen LogP contribution is 2.15. The maximum absolute atomic E-state index is 13.3. The smallest absolute Gasteiger partial charge is 0.165 e. The first kappa shape index (κ1) is 14.0. The lowest BCUT2D eigenvalue weighted by molar-refractivity contribution is 0.101. The molecular weight excluding hydrogens is 245 g/mol. The molecule has 0 bridgehead atoms. The molecule has 2 N–H and O–H groups in total. The molecule has 3 nitrogen and oxygen atoms in total. The van der Waals surface area contributed by atoms with Crippen molar-refractivity contribution in [2.75, 3.05) is 13.2 Å². The van der Waals surface area contributed by atoms with Gasteiger partial charge in [0.25, 0.3) is 0 Å². The molecule has 0 amide bonds. The molecule has 0 aromatic heterocycles. The fourth-order valence-electron chi connectivity index (χ4n) is 2.09. The maximum Gasteiger partial charge on any atom is 0.165 e. The van der Waals surface area contributed by atoms with Gasteiger partial charge in [-0.15, -0.1) is 0 Å². The van der Waals surface area contributed by atoms with E-state index in [2.05, 4.69) is 17.5 Å². The van der Waals surface area contributed by atoms with Gasteiger partial charge in [-0.3, -0.25) is 0 Å². The molecular formula is C15H20FNO2. The van der Waals surface area contributed by atoms with Crippen molar-refractivity contribution in [3.05, 3.63) is 42.2 Å². The van der Waals surface area contributed by atoms with Gasteiger partial charge in [0.2, 0.25) is 0 Å². The normalized spacial score (nSPS) is 20.2. The van der Waals surface area contributed by atoms with Gasteiger partial charge in [-0.2, -0.15) is 0 Å². The summed E-state index contributed by atoms with van der Waals surface area (Å²) < 4.78 is 18.5. The highest BCUT2D eigenvalue weighted by molar-refractivity contribution is 5.23. The third-order valence-corrected chi connectivity index (χ3v) is 3.18. The van der Waals surface area contributed by atoms with Crippen LogP contribution in [0.5, 0.6) is 5.75 Å². The molecule has 0 saturated carbocycles. The number of aliphatic hydroxyl groups excluding tert-OH is 1. The second-order valence-electron chi connectivity index (χ2n) is 4.78. The minimum absolute atomic E-state index is 0.0937. The fourth-order valence-corrected chi connectivity index (χ4v) is 2.09. The maximum atomic E-state index is 13.3. The van der Waals surface area contributed by atoms with Crippen molar-refractivity contribution in [1.29, 1.82) is 0 Å². The Bertz CT molecular complexity index is 422. The van der Waals surface area contributed by atoms with E-state index in [0.29, 0.717) is 12.6 Å². The van der Waals surface area contributed by atoms with Crippen LogP contribution in [0.3, 0.4) is 0 Å². The van der Waals surface area contributed by atoms with E-state index in [9.17, 15) is 9.50 Å². The molecule has 19 heavy (non-hydrogen) atoms. The Hall–Kier alpha value is -1.39. The summed E-state index contributed by atoms with van der Waals surface area (Å²) in [6.45, 7) is 0.559. The first-order valence-corrected chi connectivity index (χ1v) is 6.69. The molecule has 0 fully saturated rings. The number of para-hydroxylation sites is 1. The standard InChI is InChI=1S/C15H20FNO2/c16-14-8-4-5-9-15(14)19-11-13(18)10-17-12-6-2-1-3-7-12/h1-2,4-5,8-9,12-13,17-18H,3,6-7,10-11H2. The lowest BCUT2D eigenvalue weighted by Gasteiger charge is -2.21. The Morgan fingerprint density at radius 3 is 2.95 bits per heavy atom. The summed E-state index contributed by atoms with van der Waals surface area (Å²) in [5.41, 5.74) is 0. The van der Waals surface area contributed by atoms with Crippen molar-refractivity contribution < 1.29 is 14.2 Å². The van der Waals surface area contributed by atoms with Gasteiger partial charge >= 0.3 is 0 Å². The summed E-state index contributed by atoms with van der Waals surface area (Å²) >= 11 is 0. The van der Waals surface area contributed by atoms with Crippen LogP contribution in [-0.2, 0) is 0 Å². The number of aliphatic hydroxyl groups is 1. The third kappa shape index (κ3) is 4.65. The van der Waals surface area contributed by atoms with E-state index >= 15 is 0 Å². The van der Waals surface area contributed by atoms with Crippen LogP contribution in [0.2, 0.25) is 0 Å². The molecule has 1 aliphatic rings. The van der Waals surface area contributed by atoms with Crippen LogP contribution in [0.1, 0.15) is 19.3 Å². The number of rotatable bonds is 6. The average Bonchev–Trinajstić information content (AvgIpc) is 2.45. The van der Waals surface area contributed by atoms with Crippen LogP contribution in [0, 0.1) is 5.82 Å². The third-order valence-electron chi connectivity index (χ3n) is 3.18. The molecule has 4 heteroatoms. The first-order valence-electron chi connectivity index (χ1n) is 6.69. The summed E-state index contributed by atoms with van der Waals surface area (Å²) in [5, 5.41) is 13.1. The zero-order chi connectivity index (χ0) is 13.5. The molecule has 1 aliphatic carbocycles. The van der Waals surface area contributed by atoms with Crippen LogP contribution in [0.4, 0.5) is 4.39 Å². The lowest BCUT2D eigenvalue weighted by atomic mass is 10.0. The lowest BCUT2D eigenvalue weighted by Crippen LogP contribution is -2.38. The van der Waals surface area contributed by atoms with Crippen LogP contribution < -0.4 is 10.1 Å². The van der Waals surface area contributed by atoms with E-state index < -0.39 is 11.9 Å². The average molecular weight is 265 g/mol. The predicted molar refractivity (Wildman–Crippen MR) is 72.7 cm³/mol. The Morgan fingerprint density at radius 1 is 1.37 bits per heavy atom. The van der Waals surface area contributed by atoms with E-state index in [-0.39, 0.29) is 12.4 Å². The van der Waals surface area contributed by atoms with Gasteiger partial charge in [0.05, 0.1) is 0 Å². The zero-order valence-corrected chi connectivity index (χ0v) is 10.9. The SMILES string of the molecule is OC(CNC1CC=CCC1)COc1ccccc1F. The van der Waals surface area contributed by atoms with Crippen molar-refractivity contribution in [2.24, 2.45) is 0 Å². The summed E-state index contributed by atoms with van der Waals surface area (Å²) in [7, 11) is 0. The van der Waals surface area contributed by atoms with E-state index in [1.54, 1.807) is 18.2 Å². The summed E-state index contributed by atoms with van der Waals surface area (Å²) in [6.07, 6.45) is 6.88. The molecule has 0 aliphatic heterocycles. The van der Waals surface area contributed by atoms with Crippen LogP contribution >= 0.6 is 0 Å². The minimum atomic E-state index is -0.634. The Balaban J connectivity index is 1.68. The topological polar surface area (TPSA) is 41.5 Å². The van der Waals surface area contributed by atoms with Gasteiger partial charge in [0.1, 0.15) is 12.7 Å². The van der Waals surface area contributed by atoms with Crippen LogP contribution in [-0.4, -0.2) is 30.4 Å². The monoisotopic (exact) mass is 265 g/mol. The number of allylic oxidation sites excluding steroid dienone is 1. The number of ether oxygens (including phenoxy) is 1. The van der Waals surface area contributed by atoms with E-state index in [0.717, 1.165) is 19.3 Å². The Kier molecular flexibility index (Phi) is 5.36. The molecule has 0 radical (unpaired) electrons. The van der Waals surface area contributed by atoms with Gasteiger partial charge in [0.15, 0.2) is 11.6 Å². The molecule has 104 valence electrons. The van der Waals surface area contributed by atoms with Gasteiger partial charge in [0, 0.05) is 12.6 Å². The zero-order valence-electron chi connectivity index (χ0n) is 10.9. The molecule has 0 spiro atoms. The second-order valence-corrected chi connectivity index (χ2v) is 4.78. The van der Waals surface area contributed by atoms with Crippen molar-refractivity contribution in [2.45, 2.75) is 31.4 Å². The molecule has 2 rings (SSSR count). The van der Waals surface area contributed by atoms with Crippen LogP contribution in [0.15, 0.2) is 36.4 Å². The molecule has 2 unspecified atom stereocenters. The number of halogens is 1. The summed E-state index contributed by atoms with van der Waals surface area (Å²) in [6, 6.07) is 6.64. The number of hydrogen-bond acceptors (Lipinski definition) is 3. The largest absolute Gasteiger partial charge is 0.488 e. The first-order chi connectivity index (χ1) is 9.25. The molecule has 1 aromatic rings. The van der Waals surface area contributed by atoms with Crippen molar-refractivity contribution in [3.8, 4) is 5.75 Å². The predicted octanol–water partition coefficient (Wildman–Crippen LogP) is 2.26. The summed E-state index contributed by atoms with van der Waals surface area (Å²) in [4.78, 5) is 0. The van der Waals surface area contributed by atoms with Crippen LogP contribution in [0.25, 0.3) is 0 Å². The van der Waals surface area contributed by atoms with Gasteiger partial charge in [-0.1, -0.05) is 24.3 Å². The van der Waals surface area contributed by atoms with E-state index in [1.165, 1.54) is 6.07 Å². The molecule has 0 heterocycles. The molecule has 0 saturated heterocycles. The van der Waals surface area contributed by atoms with Gasteiger partial charge in [-0.05, 0) is 31.4 Å². The highest BCUT2D eigenvalue weighted by atomic mass is 19.1. The number of benzene rings is 1. The highest BCUT2D eigenvalue weighted by Gasteiger charge is 2.12. The second kappa shape index (κ2) is 7.26. The summed E-state index contributed by atoms with van der Waals surface area (Å²) in [5.74, 6) is -0.220. The van der Waals surface area contributed by atoms with Crippen molar-refractivity contribution >= 4 is 0 Å². The fraction of sp³-hybridized carbons (Fsp3) is 0.467. The Labute approximate surface area is 113 Å². The molecule has 1 aromatic carbocycles. The number of nitrogens with one attached hydrogen (secondary N) is 1. The van der Waals surface area contributed by atoms with Gasteiger partial charge < -0.3 is 15.2 Å². The number of hydrogen-bond donors (Lipinski definition) is 2. The quantitative estimate of drug-likeness (QED) is 0.775. The van der Waals surface area contributed by atoms with Crippen molar-refractivity contribution in [3.63, 3.8) is 0 Å².